The van der Waals surface area contributed by atoms with Crippen LogP contribution in [-0.4, -0.2) is 30.6 Å². The van der Waals surface area contributed by atoms with Gasteiger partial charge in [0.2, 0.25) is 0 Å². The van der Waals surface area contributed by atoms with Crippen LogP contribution in [0.5, 0.6) is 5.75 Å². The molecular formula is C17H26N2O. The molecule has 3 nitrogen and oxygen atoms in total. The lowest BCUT2D eigenvalue weighted by molar-refractivity contribution is 0.220. The first-order valence-corrected chi connectivity index (χ1v) is 8.01. The lowest BCUT2D eigenvalue weighted by atomic mass is 10.2. The molecule has 3 rings (SSSR count). The Kier molecular flexibility index (Phi) is 4.58. The van der Waals surface area contributed by atoms with Crippen LogP contribution >= 0.6 is 0 Å². The van der Waals surface area contributed by atoms with Crippen molar-refractivity contribution in [3.05, 3.63) is 29.8 Å². The minimum atomic E-state index is 0.577. The average molecular weight is 274 g/mol. The summed E-state index contributed by atoms with van der Waals surface area (Å²) in [5.41, 5.74) is 6.78. The van der Waals surface area contributed by atoms with Crippen LogP contribution in [0, 0.1) is 5.92 Å². The van der Waals surface area contributed by atoms with Gasteiger partial charge in [-0.25, -0.2) is 0 Å². The van der Waals surface area contributed by atoms with Gasteiger partial charge in [0.15, 0.2) is 0 Å². The maximum atomic E-state index is 5.84. The molecule has 0 atom stereocenters. The van der Waals surface area contributed by atoms with Crippen molar-refractivity contribution in [2.75, 3.05) is 19.7 Å². The number of hydrogen-bond donors (Lipinski definition) is 1. The van der Waals surface area contributed by atoms with Crippen LogP contribution in [0.25, 0.3) is 0 Å². The van der Waals surface area contributed by atoms with Crippen molar-refractivity contribution >= 4 is 0 Å². The quantitative estimate of drug-likeness (QED) is 0.704. The van der Waals surface area contributed by atoms with Gasteiger partial charge >= 0.3 is 0 Å². The SMILES string of the molecule is NCc1cccc(OCCCN(CC2CC2)C2CC2)c1. The Bertz CT molecular complexity index is 427. The zero-order valence-electron chi connectivity index (χ0n) is 12.3. The molecule has 3 heteroatoms. The van der Waals surface area contributed by atoms with Gasteiger partial charge in [0, 0.05) is 25.7 Å². The van der Waals surface area contributed by atoms with Crippen molar-refractivity contribution in [1.82, 2.24) is 4.90 Å². The van der Waals surface area contributed by atoms with Gasteiger partial charge in [-0.15, -0.1) is 0 Å². The number of nitrogens with zero attached hydrogens (tertiary/aromatic N) is 1. The Hall–Kier alpha value is -1.06. The van der Waals surface area contributed by atoms with Crippen molar-refractivity contribution in [2.24, 2.45) is 11.7 Å². The molecule has 110 valence electrons. The summed E-state index contributed by atoms with van der Waals surface area (Å²) in [6.45, 7) is 3.90. The predicted octanol–water partition coefficient (Wildman–Crippen LogP) is 2.79. The van der Waals surface area contributed by atoms with E-state index >= 15 is 0 Å². The summed E-state index contributed by atoms with van der Waals surface area (Å²) in [4.78, 5) is 2.69. The highest BCUT2D eigenvalue weighted by molar-refractivity contribution is 5.28. The van der Waals surface area contributed by atoms with Gasteiger partial charge in [0.25, 0.3) is 0 Å². The maximum absolute atomic E-state index is 5.84. The van der Waals surface area contributed by atoms with E-state index in [0.29, 0.717) is 6.54 Å². The van der Waals surface area contributed by atoms with Gasteiger partial charge in [0.1, 0.15) is 5.75 Å². The van der Waals surface area contributed by atoms with Crippen molar-refractivity contribution < 1.29 is 4.74 Å². The fourth-order valence-electron chi connectivity index (χ4n) is 2.71. The molecular weight excluding hydrogens is 248 g/mol. The van der Waals surface area contributed by atoms with Crippen LogP contribution < -0.4 is 10.5 Å². The van der Waals surface area contributed by atoms with E-state index in [1.807, 2.05) is 24.3 Å². The lowest BCUT2D eigenvalue weighted by Crippen LogP contribution is -2.30. The number of nitrogens with two attached hydrogens (primary N) is 1. The smallest absolute Gasteiger partial charge is 0.119 e. The van der Waals surface area contributed by atoms with E-state index in [0.717, 1.165) is 36.3 Å². The molecule has 0 spiro atoms. The zero-order valence-corrected chi connectivity index (χ0v) is 12.3. The second-order valence-electron chi connectivity index (χ2n) is 6.22. The Morgan fingerprint density at radius 2 is 2.05 bits per heavy atom. The predicted molar refractivity (Wildman–Crippen MR) is 81.8 cm³/mol. The summed E-state index contributed by atoms with van der Waals surface area (Å²) >= 11 is 0. The number of rotatable bonds is 9. The van der Waals surface area contributed by atoms with Crippen LogP contribution in [0.4, 0.5) is 0 Å². The van der Waals surface area contributed by atoms with Crippen molar-refractivity contribution in [3.63, 3.8) is 0 Å². The van der Waals surface area contributed by atoms with Gasteiger partial charge in [-0.1, -0.05) is 12.1 Å². The van der Waals surface area contributed by atoms with Gasteiger partial charge in [-0.2, -0.15) is 0 Å². The van der Waals surface area contributed by atoms with Gasteiger partial charge in [-0.05, 0) is 55.7 Å². The number of hydrogen-bond acceptors (Lipinski definition) is 3. The summed E-state index contributed by atoms with van der Waals surface area (Å²) in [5, 5.41) is 0. The highest BCUT2D eigenvalue weighted by Gasteiger charge is 2.33. The first-order chi connectivity index (χ1) is 9.85. The largest absolute Gasteiger partial charge is 0.494 e. The molecule has 2 saturated carbocycles. The van der Waals surface area contributed by atoms with E-state index < -0.39 is 0 Å². The summed E-state index contributed by atoms with van der Waals surface area (Å²) in [6.07, 6.45) is 6.84. The van der Waals surface area contributed by atoms with Crippen molar-refractivity contribution in [2.45, 2.75) is 44.7 Å². The van der Waals surface area contributed by atoms with Crippen LogP contribution in [0.3, 0.4) is 0 Å². The summed E-state index contributed by atoms with van der Waals surface area (Å²) < 4.78 is 5.84. The molecule has 1 aromatic rings. The molecule has 0 bridgehead atoms. The molecule has 2 aliphatic carbocycles. The van der Waals surface area contributed by atoms with Gasteiger partial charge in [0.05, 0.1) is 6.61 Å². The Labute approximate surface area is 122 Å². The Balaban J connectivity index is 1.37. The maximum Gasteiger partial charge on any atom is 0.119 e. The summed E-state index contributed by atoms with van der Waals surface area (Å²) in [5.74, 6) is 1.95. The number of ether oxygens (including phenoxy) is 1. The molecule has 2 fully saturated rings. The molecule has 0 radical (unpaired) electrons. The van der Waals surface area contributed by atoms with Crippen LogP contribution in [0.1, 0.15) is 37.7 Å². The van der Waals surface area contributed by atoms with Crippen LogP contribution in [-0.2, 0) is 6.54 Å². The zero-order chi connectivity index (χ0) is 13.8. The number of benzene rings is 1. The van der Waals surface area contributed by atoms with Gasteiger partial charge in [-0.3, -0.25) is 4.90 Å². The van der Waals surface area contributed by atoms with E-state index in [4.69, 9.17) is 10.5 Å². The second-order valence-corrected chi connectivity index (χ2v) is 6.22. The molecule has 0 aliphatic heterocycles. The molecule has 0 aromatic heterocycles. The lowest BCUT2D eigenvalue weighted by Gasteiger charge is -2.21. The van der Waals surface area contributed by atoms with E-state index in [-0.39, 0.29) is 0 Å². The summed E-state index contributed by atoms with van der Waals surface area (Å²) in [7, 11) is 0. The standard InChI is InChI=1S/C17H26N2O/c18-12-15-3-1-4-17(11-15)20-10-2-9-19(16-7-8-16)13-14-5-6-14/h1,3-4,11,14,16H,2,5-10,12-13,18H2. The van der Waals surface area contributed by atoms with Gasteiger partial charge < -0.3 is 10.5 Å². The molecule has 20 heavy (non-hydrogen) atoms. The highest BCUT2D eigenvalue weighted by Crippen LogP contribution is 2.34. The molecule has 0 amide bonds. The molecule has 0 heterocycles. The Morgan fingerprint density at radius 1 is 1.20 bits per heavy atom. The topological polar surface area (TPSA) is 38.5 Å². The van der Waals surface area contributed by atoms with E-state index in [9.17, 15) is 0 Å². The van der Waals surface area contributed by atoms with Crippen LogP contribution in [0.15, 0.2) is 24.3 Å². The van der Waals surface area contributed by atoms with Crippen molar-refractivity contribution in [1.29, 1.82) is 0 Å². The fraction of sp³-hybridized carbons (Fsp3) is 0.647. The molecule has 0 unspecified atom stereocenters. The Morgan fingerprint density at radius 3 is 2.75 bits per heavy atom. The fourth-order valence-corrected chi connectivity index (χ4v) is 2.71. The molecule has 0 saturated heterocycles. The average Bonchev–Trinajstić information content (AvgIpc) is 3.35. The summed E-state index contributed by atoms with van der Waals surface area (Å²) in [6, 6.07) is 9.00. The second kappa shape index (κ2) is 6.59. The van der Waals surface area contributed by atoms with E-state index in [2.05, 4.69) is 4.90 Å². The molecule has 2 aliphatic rings. The van der Waals surface area contributed by atoms with E-state index in [1.54, 1.807) is 0 Å². The normalized spacial score (nSPS) is 18.5. The minimum Gasteiger partial charge on any atom is -0.494 e. The third kappa shape index (κ3) is 4.22. The van der Waals surface area contributed by atoms with Crippen LogP contribution in [0.2, 0.25) is 0 Å². The first-order valence-electron chi connectivity index (χ1n) is 8.01. The van der Waals surface area contributed by atoms with Crippen molar-refractivity contribution in [3.8, 4) is 5.75 Å². The first kappa shape index (κ1) is 13.9. The minimum absolute atomic E-state index is 0.577. The molecule has 2 N–H and O–H groups in total. The highest BCUT2D eigenvalue weighted by atomic mass is 16.5. The monoisotopic (exact) mass is 274 g/mol. The van der Waals surface area contributed by atoms with E-state index in [1.165, 1.54) is 38.8 Å². The molecule has 1 aromatic carbocycles. The third-order valence-corrected chi connectivity index (χ3v) is 4.25. The third-order valence-electron chi connectivity index (χ3n) is 4.25.